The van der Waals surface area contributed by atoms with E-state index < -0.39 is 15.9 Å². The SMILES string of the molecule is CCN(CC(C)C#N)S(=O)(=O)c1cc(N)c(Br)cc1OC. The number of rotatable bonds is 6. The summed E-state index contributed by atoms with van der Waals surface area (Å²) in [6.45, 7) is 3.77. The molecule has 6 nitrogen and oxygen atoms in total. The second-order valence-electron chi connectivity index (χ2n) is 4.51. The fourth-order valence-corrected chi connectivity index (χ4v) is 3.83. The molecule has 0 aromatic heterocycles. The highest BCUT2D eigenvalue weighted by Crippen LogP contribution is 2.34. The molecule has 2 N–H and O–H groups in total. The van der Waals surface area contributed by atoms with E-state index in [-0.39, 0.29) is 23.7 Å². The maximum absolute atomic E-state index is 12.7. The van der Waals surface area contributed by atoms with Crippen molar-refractivity contribution in [2.45, 2.75) is 18.7 Å². The molecule has 21 heavy (non-hydrogen) atoms. The lowest BCUT2D eigenvalue weighted by Crippen LogP contribution is -2.34. The van der Waals surface area contributed by atoms with E-state index >= 15 is 0 Å². The molecule has 1 aromatic carbocycles. The summed E-state index contributed by atoms with van der Waals surface area (Å²) >= 11 is 3.24. The Hall–Kier alpha value is -1.30. The molecule has 1 unspecified atom stereocenters. The number of methoxy groups -OCH3 is 1. The van der Waals surface area contributed by atoms with Gasteiger partial charge in [0.2, 0.25) is 10.0 Å². The van der Waals surface area contributed by atoms with Crippen LogP contribution in [-0.4, -0.2) is 32.9 Å². The van der Waals surface area contributed by atoms with Gasteiger partial charge in [0.05, 0.1) is 19.1 Å². The van der Waals surface area contributed by atoms with Crippen LogP contribution in [0.15, 0.2) is 21.5 Å². The maximum Gasteiger partial charge on any atom is 0.246 e. The van der Waals surface area contributed by atoms with Gasteiger partial charge in [0.15, 0.2) is 0 Å². The number of nitrogens with two attached hydrogens (primary N) is 1. The first-order valence-electron chi connectivity index (χ1n) is 6.30. The molecule has 0 heterocycles. The largest absolute Gasteiger partial charge is 0.495 e. The third-order valence-corrected chi connectivity index (χ3v) is 5.60. The van der Waals surface area contributed by atoms with E-state index in [1.165, 1.54) is 23.5 Å². The highest BCUT2D eigenvalue weighted by molar-refractivity contribution is 9.10. The quantitative estimate of drug-likeness (QED) is 0.768. The van der Waals surface area contributed by atoms with E-state index in [4.69, 9.17) is 15.7 Å². The summed E-state index contributed by atoms with van der Waals surface area (Å²) in [5.41, 5.74) is 6.08. The summed E-state index contributed by atoms with van der Waals surface area (Å²) in [7, 11) is -2.39. The standard InChI is InChI=1S/C13H18BrN3O3S/c1-4-17(8-9(2)7-15)21(18,19)13-6-11(16)10(14)5-12(13)20-3/h5-6,9H,4,8,16H2,1-3H3. The van der Waals surface area contributed by atoms with Gasteiger partial charge in [-0.1, -0.05) is 6.92 Å². The molecule has 0 spiro atoms. The van der Waals surface area contributed by atoms with Crippen LogP contribution in [0, 0.1) is 17.2 Å². The molecule has 0 bridgehead atoms. The van der Waals surface area contributed by atoms with Crippen LogP contribution in [0.25, 0.3) is 0 Å². The minimum atomic E-state index is -3.78. The Kier molecular flexibility index (Phi) is 6.01. The summed E-state index contributed by atoms with van der Waals surface area (Å²) in [6.07, 6.45) is 0. The van der Waals surface area contributed by atoms with Crippen molar-refractivity contribution in [3.05, 3.63) is 16.6 Å². The number of benzene rings is 1. The minimum Gasteiger partial charge on any atom is -0.495 e. The lowest BCUT2D eigenvalue weighted by Gasteiger charge is -2.23. The fraction of sp³-hybridized carbons (Fsp3) is 0.462. The van der Waals surface area contributed by atoms with Crippen molar-refractivity contribution >= 4 is 31.6 Å². The second-order valence-corrected chi connectivity index (χ2v) is 7.27. The molecule has 0 aliphatic rings. The molecule has 0 radical (unpaired) electrons. The number of nitrogens with zero attached hydrogens (tertiary/aromatic N) is 2. The van der Waals surface area contributed by atoms with Crippen molar-refractivity contribution in [1.82, 2.24) is 4.31 Å². The summed E-state index contributed by atoms with van der Waals surface area (Å²) < 4.78 is 32.4. The van der Waals surface area contributed by atoms with E-state index in [9.17, 15) is 8.42 Å². The van der Waals surface area contributed by atoms with Crippen molar-refractivity contribution in [2.75, 3.05) is 25.9 Å². The normalized spacial score (nSPS) is 13.0. The lowest BCUT2D eigenvalue weighted by atomic mass is 10.2. The lowest BCUT2D eigenvalue weighted by molar-refractivity contribution is 0.383. The van der Waals surface area contributed by atoms with Crippen LogP contribution in [0.3, 0.4) is 0 Å². The van der Waals surface area contributed by atoms with Gasteiger partial charge in [-0.05, 0) is 35.0 Å². The molecule has 0 aliphatic carbocycles. The van der Waals surface area contributed by atoms with Gasteiger partial charge in [-0.3, -0.25) is 0 Å². The number of nitriles is 1. The Morgan fingerprint density at radius 3 is 2.62 bits per heavy atom. The van der Waals surface area contributed by atoms with Gasteiger partial charge in [-0.25, -0.2) is 8.42 Å². The summed E-state index contributed by atoms with van der Waals surface area (Å²) in [4.78, 5) is -0.00214. The Morgan fingerprint density at radius 1 is 1.52 bits per heavy atom. The van der Waals surface area contributed by atoms with Crippen LogP contribution in [-0.2, 0) is 10.0 Å². The summed E-state index contributed by atoms with van der Waals surface area (Å²) in [5, 5.41) is 8.87. The molecule has 0 saturated heterocycles. The molecule has 0 saturated carbocycles. The third-order valence-electron chi connectivity index (χ3n) is 2.95. The van der Waals surface area contributed by atoms with E-state index in [1.54, 1.807) is 13.8 Å². The molecule has 0 aliphatic heterocycles. The molecule has 0 amide bonds. The number of ether oxygens (including phenoxy) is 1. The average molecular weight is 376 g/mol. The number of hydrogen-bond donors (Lipinski definition) is 1. The van der Waals surface area contributed by atoms with Crippen molar-refractivity contribution in [1.29, 1.82) is 5.26 Å². The van der Waals surface area contributed by atoms with Crippen molar-refractivity contribution in [3.8, 4) is 11.8 Å². The highest BCUT2D eigenvalue weighted by atomic mass is 79.9. The topological polar surface area (TPSA) is 96.4 Å². The van der Waals surface area contributed by atoms with E-state index in [1.807, 2.05) is 6.07 Å². The van der Waals surface area contributed by atoms with Crippen LogP contribution in [0.1, 0.15) is 13.8 Å². The highest BCUT2D eigenvalue weighted by Gasteiger charge is 2.28. The molecular weight excluding hydrogens is 358 g/mol. The number of anilines is 1. The van der Waals surface area contributed by atoms with Crippen LogP contribution in [0.5, 0.6) is 5.75 Å². The van der Waals surface area contributed by atoms with Crippen molar-refractivity contribution in [2.24, 2.45) is 5.92 Å². The van der Waals surface area contributed by atoms with Gasteiger partial charge in [0.25, 0.3) is 0 Å². The van der Waals surface area contributed by atoms with Crippen LogP contribution < -0.4 is 10.5 Å². The zero-order chi connectivity index (χ0) is 16.2. The van der Waals surface area contributed by atoms with Crippen molar-refractivity contribution < 1.29 is 13.2 Å². The van der Waals surface area contributed by atoms with Gasteiger partial charge >= 0.3 is 0 Å². The predicted molar refractivity (Wildman–Crippen MR) is 84.3 cm³/mol. The average Bonchev–Trinajstić information content (AvgIpc) is 2.46. The number of hydrogen-bond acceptors (Lipinski definition) is 5. The Labute approximate surface area is 133 Å². The number of nitrogen functional groups attached to an aromatic ring is 1. The van der Waals surface area contributed by atoms with Crippen LogP contribution in [0.2, 0.25) is 0 Å². The summed E-state index contributed by atoms with van der Waals surface area (Å²) in [6, 6.07) is 4.91. The first-order chi connectivity index (χ1) is 9.77. The minimum absolute atomic E-state index is 0.00214. The summed E-state index contributed by atoms with van der Waals surface area (Å²) in [5.74, 6) is -0.197. The molecule has 0 fully saturated rings. The zero-order valence-electron chi connectivity index (χ0n) is 12.1. The van der Waals surface area contributed by atoms with E-state index in [0.29, 0.717) is 10.2 Å². The van der Waals surface area contributed by atoms with Gasteiger partial charge in [0, 0.05) is 23.2 Å². The van der Waals surface area contributed by atoms with Crippen LogP contribution in [0.4, 0.5) is 5.69 Å². The zero-order valence-corrected chi connectivity index (χ0v) is 14.5. The van der Waals surface area contributed by atoms with E-state index in [0.717, 1.165) is 0 Å². The van der Waals surface area contributed by atoms with Gasteiger partial charge < -0.3 is 10.5 Å². The predicted octanol–water partition coefficient (Wildman–Crippen LogP) is 2.21. The van der Waals surface area contributed by atoms with E-state index in [2.05, 4.69) is 15.9 Å². The van der Waals surface area contributed by atoms with Gasteiger partial charge in [-0.15, -0.1) is 0 Å². The smallest absolute Gasteiger partial charge is 0.246 e. The molecule has 8 heteroatoms. The molecule has 1 rings (SSSR count). The Balaban J connectivity index is 3.35. The first-order valence-corrected chi connectivity index (χ1v) is 8.54. The van der Waals surface area contributed by atoms with Crippen LogP contribution >= 0.6 is 15.9 Å². The van der Waals surface area contributed by atoms with Gasteiger partial charge in [0.1, 0.15) is 10.6 Å². The fourth-order valence-electron chi connectivity index (χ4n) is 1.79. The van der Waals surface area contributed by atoms with Crippen molar-refractivity contribution in [3.63, 3.8) is 0 Å². The Morgan fingerprint density at radius 2 is 2.14 bits per heavy atom. The molecule has 116 valence electrons. The third kappa shape index (κ3) is 3.87. The second kappa shape index (κ2) is 7.11. The first kappa shape index (κ1) is 17.8. The maximum atomic E-state index is 12.7. The molecule has 1 aromatic rings. The molecular formula is C13H18BrN3O3S. The van der Waals surface area contributed by atoms with Gasteiger partial charge in [-0.2, -0.15) is 9.57 Å². The number of sulfonamides is 1. The Bertz CT molecular complexity index is 655. The molecule has 1 atom stereocenters. The monoisotopic (exact) mass is 375 g/mol. The number of halogens is 1.